The topological polar surface area (TPSA) is 83.6 Å². The number of hydrogen-bond donors (Lipinski definition) is 1. The number of piperidine rings is 1. The van der Waals surface area contributed by atoms with Crippen molar-refractivity contribution < 1.29 is 22.4 Å². The van der Waals surface area contributed by atoms with Gasteiger partial charge in [0.25, 0.3) is 10.0 Å². The van der Waals surface area contributed by atoms with E-state index in [1.54, 1.807) is 41.3 Å². The van der Waals surface area contributed by atoms with E-state index in [1.165, 1.54) is 19.1 Å². The second-order valence-corrected chi connectivity index (χ2v) is 9.92. The molecule has 1 fully saturated rings. The molecule has 2 aromatic rings. The highest BCUT2D eigenvalue weighted by molar-refractivity contribution is 9.10. The van der Waals surface area contributed by atoms with Crippen LogP contribution < -0.4 is 4.72 Å². The minimum absolute atomic E-state index is 0.0444. The normalized spacial score (nSPS) is 16.2. The van der Waals surface area contributed by atoms with Gasteiger partial charge < -0.3 is 4.90 Å². The quantitative estimate of drug-likeness (QED) is 0.688. The summed E-state index contributed by atoms with van der Waals surface area (Å²) >= 11 is 3.19. The molecule has 160 valence electrons. The van der Waals surface area contributed by atoms with Crippen molar-refractivity contribution in [3.05, 3.63) is 64.4 Å². The Hall–Kier alpha value is -2.26. The fourth-order valence-electron chi connectivity index (χ4n) is 3.69. The molecular weight excluding hydrogens is 475 g/mol. The number of sulfonamides is 1. The highest BCUT2D eigenvalue weighted by atomic mass is 79.9. The Balaban J connectivity index is 1.92. The first-order valence-electron chi connectivity index (χ1n) is 9.45. The smallest absolute Gasteiger partial charge is 0.265 e. The van der Waals surface area contributed by atoms with Crippen LogP contribution in [0.4, 0.5) is 4.39 Å². The van der Waals surface area contributed by atoms with Crippen LogP contribution in [0.3, 0.4) is 0 Å². The maximum atomic E-state index is 14.3. The zero-order valence-electron chi connectivity index (χ0n) is 16.4. The van der Waals surface area contributed by atoms with Crippen molar-refractivity contribution in [1.82, 2.24) is 9.62 Å². The molecule has 30 heavy (non-hydrogen) atoms. The molecule has 9 heteroatoms. The number of carbonyl (C=O) groups excluding carboxylic acids is 2. The van der Waals surface area contributed by atoms with Crippen LogP contribution in [-0.4, -0.2) is 38.2 Å². The molecule has 1 heterocycles. The predicted molar refractivity (Wildman–Crippen MR) is 113 cm³/mol. The summed E-state index contributed by atoms with van der Waals surface area (Å²) < 4.78 is 42.5. The van der Waals surface area contributed by atoms with Crippen molar-refractivity contribution in [3.8, 4) is 0 Å². The van der Waals surface area contributed by atoms with Gasteiger partial charge >= 0.3 is 0 Å². The van der Waals surface area contributed by atoms with E-state index in [4.69, 9.17) is 0 Å². The highest BCUT2D eigenvalue weighted by Gasteiger charge is 2.44. The molecule has 1 saturated heterocycles. The average Bonchev–Trinajstić information content (AvgIpc) is 2.70. The van der Waals surface area contributed by atoms with Gasteiger partial charge in [0.1, 0.15) is 10.7 Å². The van der Waals surface area contributed by atoms with Gasteiger partial charge in [-0.25, -0.2) is 17.5 Å². The Morgan fingerprint density at radius 3 is 2.30 bits per heavy atom. The van der Waals surface area contributed by atoms with Crippen molar-refractivity contribution in [2.75, 3.05) is 13.1 Å². The van der Waals surface area contributed by atoms with Gasteiger partial charge in [0.15, 0.2) is 0 Å². The summed E-state index contributed by atoms with van der Waals surface area (Å²) in [5, 5.41) is 0. The van der Waals surface area contributed by atoms with Crippen LogP contribution in [0, 0.1) is 11.2 Å². The molecule has 0 radical (unpaired) electrons. The summed E-state index contributed by atoms with van der Waals surface area (Å²) in [5.74, 6) is -1.26. The second-order valence-electron chi connectivity index (χ2n) is 7.42. The van der Waals surface area contributed by atoms with Crippen LogP contribution in [0.15, 0.2) is 57.9 Å². The molecule has 0 bridgehead atoms. The molecule has 6 nitrogen and oxygen atoms in total. The number of likely N-dealkylation sites (tertiary alicyclic amines) is 1. The van der Waals surface area contributed by atoms with E-state index in [-0.39, 0.29) is 30.1 Å². The number of nitrogens with one attached hydrogen (secondary N) is 1. The van der Waals surface area contributed by atoms with Gasteiger partial charge in [0.05, 0.1) is 5.41 Å². The summed E-state index contributed by atoms with van der Waals surface area (Å²) in [6.45, 7) is 2.04. The lowest BCUT2D eigenvalue weighted by atomic mass is 9.73. The van der Waals surface area contributed by atoms with Crippen LogP contribution in [0.5, 0.6) is 0 Å². The van der Waals surface area contributed by atoms with Gasteiger partial charge in [0, 0.05) is 24.5 Å². The predicted octanol–water partition coefficient (Wildman–Crippen LogP) is 3.26. The molecule has 3 rings (SSSR count). The van der Waals surface area contributed by atoms with E-state index in [9.17, 15) is 22.4 Å². The molecule has 1 N–H and O–H groups in total. The maximum Gasteiger partial charge on any atom is 0.265 e. The lowest BCUT2D eigenvalue weighted by molar-refractivity contribution is -0.138. The minimum atomic E-state index is -4.13. The number of nitrogens with zero attached hydrogens (tertiary/aromatic N) is 1. The number of halogens is 2. The van der Waals surface area contributed by atoms with E-state index < -0.39 is 27.2 Å². The van der Waals surface area contributed by atoms with E-state index in [0.29, 0.717) is 23.1 Å². The molecule has 2 aromatic carbocycles. The fraction of sp³-hybridized carbons (Fsp3) is 0.333. The Bertz CT molecular complexity index is 1070. The first-order chi connectivity index (χ1) is 14.1. The third-order valence-electron chi connectivity index (χ3n) is 5.49. The monoisotopic (exact) mass is 496 g/mol. The van der Waals surface area contributed by atoms with Crippen LogP contribution >= 0.6 is 15.9 Å². The average molecular weight is 497 g/mol. The second kappa shape index (κ2) is 8.85. The van der Waals surface area contributed by atoms with Gasteiger partial charge in [-0.2, -0.15) is 0 Å². The first-order valence-corrected chi connectivity index (χ1v) is 11.7. The Labute approximate surface area is 183 Å². The van der Waals surface area contributed by atoms with Crippen molar-refractivity contribution in [2.45, 2.75) is 31.1 Å². The summed E-state index contributed by atoms with van der Waals surface area (Å²) in [7, 11) is -4.13. The molecule has 1 aliphatic heterocycles. The molecule has 0 aliphatic carbocycles. The van der Waals surface area contributed by atoms with Gasteiger partial charge in [-0.05, 0) is 59.0 Å². The number of amides is 2. The third-order valence-corrected chi connectivity index (χ3v) is 7.83. The summed E-state index contributed by atoms with van der Waals surface area (Å²) in [5.41, 5.74) is -0.815. The van der Waals surface area contributed by atoms with Crippen molar-refractivity contribution in [3.63, 3.8) is 0 Å². The molecule has 2 amide bonds. The SMILES string of the molecule is CC(=O)N1CCC(Cc2ccccc2F)(C(=O)NS(=O)(=O)c2ccccc2Br)CC1. The molecule has 0 spiro atoms. The van der Waals surface area contributed by atoms with Crippen molar-refractivity contribution in [2.24, 2.45) is 5.41 Å². The van der Waals surface area contributed by atoms with E-state index in [1.807, 2.05) is 0 Å². The number of benzene rings is 2. The van der Waals surface area contributed by atoms with Gasteiger partial charge in [-0.3, -0.25) is 9.59 Å². The van der Waals surface area contributed by atoms with Crippen LogP contribution in [0.25, 0.3) is 0 Å². The van der Waals surface area contributed by atoms with E-state index >= 15 is 0 Å². The largest absolute Gasteiger partial charge is 0.343 e. The molecule has 0 atom stereocenters. The molecule has 0 saturated carbocycles. The van der Waals surface area contributed by atoms with Gasteiger partial charge in [0.2, 0.25) is 11.8 Å². The zero-order valence-corrected chi connectivity index (χ0v) is 18.8. The third kappa shape index (κ3) is 4.73. The molecule has 0 aromatic heterocycles. The van der Waals surface area contributed by atoms with Gasteiger partial charge in [-0.1, -0.05) is 30.3 Å². The minimum Gasteiger partial charge on any atom is -0.343 e. The van der Waals surface area contributed by atoms with Crippen molar-refractivity contribution in [1.29, 1.82) is 0 Å². The van der Waals surface area contributed by atoms with Crippen molar-refractivity contribution >= 4 is 37.8 Å². The van der Waals surface area contributed by atoms with Crippen LogP contribution in [0.2, 0.25) is 0 Å². The zero-order chi connectivity index (χ0) is 21.9. The van der Waals surface area contributed by atoms with Crippen LogP contribution in [-0.2, 0) is 26.0 Å². The summed E-state index contributed by atoms with van der Waals surface area (Å²) in [6.07, 6.45) is 0.513. The number of rotatable bonds is 5. The Morgan fingerprint density at radius 1 is 1.10 bits per heavy atom. The maximum absolute atomic E-state index is 14.3. The van der Waals surface area contributed by atoms with Crippen LogP contribution in [0.1, 0.15) is 25.3 Å². The van der Waals surface area contributed by atoms with E-state index in [2.05, 4.69) is 20.7 Å². The standard InChI is InChI=1S/C21H22BrFN2O4S/c1-15(26)25-12-10-21(11-13-25,14-16-6-2-4-8-18(16)23)20(27)24-30(28,29)19-9-5-3-7-17(19)22/h2-9H,10-14H2,1H3,(H,24,27). The molecule has 1 aliphatic rings. The number of carbonyl (C=O) groups is 2. The lowest BCUT2D eigenvalue weighted by Crippen LogP contribution is -2.52. The van der Waals surface area contributed by atoms with E-state index in [0.717, 1.165) is 0 Å². The molecular formula is C21H22BrFN2O4S. The number of hydrogen-bond acceptors (Lipinski definition) is 4. The fourth-order valence-corrected chi connectivity index (χ4v) is 5.77. The summed E-state index contributed by atoms with van der Waals surface area (Å²) in [4.78, 5) is 26.5. The first kappa shape index (κ1) is 22.4. The Kier molecular flexibility index (Phi) is 6.62. The molecule has 0 unspecified atom stereocenters. The summed E-state index contributed by atoms with van der Waals surface area (Å²) in [6, 6.07) is 12.3. The highest BCUT2D eigenvalue weighted by Crippen LogP contribution is 2.37. The van der Waals surface area contributed by atoms with Gasteiger partial charge in [-0.15, -0.1) is 0 Å². The Morgan fingerprint density at radius 2 is 1.70 bits per heavy atom. The lowest BCUT2D eigenvalue weighted by Gasteiger charge is -2.40.